The Morgan fingerprint density at radius 1 is 0.926 bits per heavy atom. The first-order valence-electron chi connectivity index (χ1n) is 8.79. The smallest absolute Gasteiger partial charge is 0.364 e. The van der Waals surface area contributed by atoms with E-state index < -0.39 is 0 Å². The van der Waals surface area contributed by atoms with Crippen molar-refractivity contribution in [3.8, 4) is 22.2 Å². The molecule has 0 aliphatic heterocycles. The van der Waals surface area contributed by atoms with Gasteiger partial charge in [0.05, 0.1) is 0 Å². The van der Waals surface area contributed by atoms with Gasteiger partial charge in [-0.25, -0.2) is 0 Å². The molecule has 0 spiro atoms. The summed E-state index contributed by atoms with van der Waals surface area (Å²) >= 11 is 1.68. The van der Waals surface area contributed by atoms with Crippen LogP contribution in [0.15, 0.2) is 60.7 Å². The Hall–Kier alpha value is -2.38. The van der Waals surface area contributed by atoms with Gasteiger partial charge in [-0.15, -0.1) is 0 Å². The van der Waals surface area contributed by atoms with Gasteiger partial charge in [0.25, 0.3) is 5.82 Å². The van der Waals surface area contributed by atoms with E-state index in [9.17, 15) is 0 Å². The van der Waals surface area contributed by atoms with Crippen LogP contribution in [0.4, 0.5) is 0 Å². The molecule has 0 fully saturated rings. The summed E-state index contributed by atoms with van der Waals surface area (Å²) in [6.07, 6.45) is 1.90. The minimum absolute atomic E-state index is 0. The lowest BCUT2D eigenvalue weighted by atomic mass is 10.2. The number of aryl methyl sites for hydroxylation is 2. The fourth-order valence-electron chi connectivity index (χ4n) is 2.85. The number of aromatic nitrogens is 5. The second kappa shape index (κ2) is 8.54. The fourth-order valence-corrected chi connectivity index (χ4v) is 3.87. The largest absolute Gasteiger partial charge is 1.00 e. The Labute approximate surface area is 173 Å². The maximum Gasteiger partial charge on any atom is 0.364 e. The van der Waals surface area contributed by atoms with E-state index in [0.717, 1.165) is 34.9 Å². The Morgan fingerprint density at radius 3 is 2.19 bits per heavy atom. The van der Waals surface area contributed by atoms with Crippen molar-refractivity contribution in [1.29, 1.82) is 0 Å². The maximum atomic E-state index is 4.82. The van der Waals surface area contributed by atoms with E-state index in [0.29, 0.717) is 5.82 Å². The predicted octanol–water partition coefficient (Wildman–Crippen LogP) is 0.796. The maximum absolute atomic E-state index is 4.82. The number of tetrazole rings is 1. The highest BCUT2D eigenvalue weighted by atomic mass is 79.9. The minimum atomic E-state index is 0. The highest BCUT2D eigenvalue weighted by Gasteiger charge is 2.25. The first-order chi connectivity index (χ1) is 12.8. The number of nitrogens with zero attached hydrogens (tertiary/aromatic N) is 5. The van der Waals surface area contributed by atoms with Gasteiger partial charge in [-0.2, -0.15) is 0 Å². The molecule has 2 aromatic heterocycles. The third-order valence-corrected chi connectivity index (χ3v) is 5.38. The first-order valence-corrected chi connectivity index (χ1v) is 9.61. The van der Waals surface area contributed by atoms with Crippen molar-refractivity contribution in [3.05, 3.63) is 71.2 Å². The van der Waals surface area contributed by atoms with E-state index in [4.69, 9.17) is 15.2 Å². The van der Waals surface area contributed by atoms with Crippen LogP contribution in [-0.2, 0) is 12.8 Å². The predicted molar refractivity (Wildman–Crippen MR) is 103 cm³/mol. The number of hydrogen-bond donors (Lipinski definition) is 0. The zero-order valence-electron chi connectivity index (χ0n) is 15.2. The second-order valence-electron chi connectivity index (χ2n) is 5.88. The summed E-state index contributed by atoms with van der Waals surface area (Å²) in [5.74, 6) is 0.681. The zero-order valence-corrected chi connectivity index (χ0v) is 17.6. The van der Waals surface area contributed by atoms with Crippen LogP contribution in [0.2, 0.25) is 0 Å². The van der Waals surface area contributed by atoms with Crippen molar-refractivity contribution >= 4 is 11.3 Å². The molecule has 0 unspecified atom stereocenters. The average Bonchev–Trinajstić information content (AvgIpc) is 3.33. The number of para-hydroxylation sites is 1. The van der Waals surface area contributed by atoms with Crippen molar-refractivity contribution in [2.45, 2.75) is 26.7 Å². The molecule has 5 nitrogen and oxygen atoms in total. The summed E-state index contributed by atoms with van der Waals surface area (Å²) in [6.45, 7) is 4.30. The van der Waals surface area contributed by atoms with E-state index in [-0.39, 0.29) is 17.0 Å². The van der Waals surface area contributed by atoms with Crippen LogP contribution in [-0.4, -0.2) is 20.0 Å². The molecular weight excluding hydrogens is 422 g/mol. The Bertz CT molecular complexity index is 990. The Kier molecular flexibility index (Phi) is 6.13. The summed E-state index contributed by atoms with van der Waals surface area (Å²) in [7, 11) is 0. The number of hydrogen-bond acceptors (Lipinski definition) is 4. The van der Waals surface area contributed by atoms with Crippen LogP contribution >= 0.6 is 11.3 Å². The van der Waals surface area contributed by atoms with Gasteiger partial charge in [-0.3, -0.25) is 0 Å². The molecule has 27 heavy (non-hydrogen) atoms. The zero-order chi connectivity index (χ0) is 17.9. The van der Waals surface area contributed by atoms with Crippen LogP contribution in [0.5, 0.6) is 0 Å². The van der Waals surface area contributed by atoms with E-state index >= 15 is 0 Å². The molecule has 0 radical (unpaired) electrons. The Balaban J connectivity index is 0.00000210. The summed E-state index contributed by atoms with van der Waals surface area (Å²) < 4.78 is 0. The van der Waals surface area contributed by atoms with Crippen molar-refractivity contribution in [2.24, 2.45) is 0 Å². The SMILES string of the molecule is CCc1nc(-[n+]2nc(-c3ccccc3)nn2-c2ccccc2)sc1CC.[Br-]. The quantitative estimate of drug-likeness (QED) is 0.430. The molecule has 0 amide bonds. The second-order valence-corrected chi connectivity index (χ2v) is 6.94. The summed E-state index contributed by atoms with van der Waals surface area (Å²) in [4.78, 5) is 9.75. The summed E-state index contributed by atoms with van der Waals surface area (Å²) in [6, 6.07) is 20.1. The number of thiazole rings is 1. The molecule has 138 valence electrons. The van der Waals surface area contributed by atoms with Gasteiger partial charge in [0, 0.05) is 22.0 Å². The topological polar surface area (TPSA) is 47.5 Å². The van der Waals surface area contributed by atoms with Gasteiger partial charge < -0.3 is 17.0 Å². The normalized spacial score (nSPS) is 10.6. The third-order valence-electron chi connectivity index (χ3n) is 4.17. The number of benzene rings is 2. The molecule has 0 saturated heterocycles. The molecule has 4 rings (SSSR count). The monoisotopic (exact) mass is 441 g/mol. The first kappa shape index (κ1) is 19.4. The lowest BCUT2D eigenvalue weighted by Gasteiger charge is -1.97. The molecular formula is C20H20BrN5S. The highest BCUT2D eigenvalue weighted by molar-refractivity contribution is 7.13. The Morgan fingerprint density at radius 2 is 1.59 bits per heavy atom. The van der Waals surface area contributed by atoms with Gasteiger partial charge >= 0.3 is 5.13 Å². The van der Waals surface area contributed by atoms with Crippen molar-refractivity contribution in [1.82, 2.24) is 20.0 Å². The van der Waals surface area contributed by atoms with Crippen molar-refractivity contribution in [3.63, 3.8) is 0 Å². The van der Waals surface area contributed by atoms with Gasteiger partial charge in [-0.05, 0) is 45.4 Å². The van der Waals surface area contributed by atoms with Gasteiger partial charge in [-0.1, -0.05) is 66.6 Å². The van der Waals surface area contributed by atoms with Gasteiger partial charge in [0.2, 0.25) is 0 Å². The standard InChI is InChI=1S/C20H20N5S.BrH/c1-3-17-18(4-2)26-20(21-17)25-23-19(15-11-7-5-8-12-15)22-24(25)16-13-9-6-10-14-16;/h5-14H,3-4H2,1-2H3;1H/q+1;/p-1. The summed E-state index contributed by atoms with van der Waals surface area (Å²) in [5.41, 5.74) is 3.08. The molecule has 0 N–H and O–H groups in total. The van der Waals surface area contributed by atoms with E-state index in [1.807, 2.05) is 65.5 Å². The van der Waals surface area contributed by atoms with E-state index in [1.165, 1.54) is 4.88 Å². The van der Waals surface area contributed by atoms with Gasteiger partial charge in [0.15, 0.2) is 0 Å². The van der Waals surface area contributed by atoms with Crippen LogP contribution in [0.1, 0.15) is 24.4 Å². The van der Waals surface area contributed by atoms with Crippen molar-refractivity contribution < 1.29 is 21.8 Å². The molecule has 4 aromatic rings. The lowest BCUT2D eigenvalue weighted by Crippen LogP contribution is -3.00. The molecule has 0 bridgehead atoms. The van der Waals surface area contributed by atoms with Crippen LogP contribution in [0.3, 0.4) is 0 Å². The highest BCUT2D eigenvalue weighted by Crippen LogP contribution is 2.21. The molecule has 0 atom stereocenters. The number of rotatable bonds is 5. The lowest BCUT2D eigenvalue weighted by molar-refractivity contribution is -0.734. The van der Waals surface area contributed by atoms with E-state index in [2.05, 4.69) is 13.8 Å². The van der Waals surface area contributed by atoms with Gasteiger partial charge in [0.1, 0.15) is 11.4 Å². The van der Waals surface area contributed by atoms with E-state index in [1.54, 1.807) is 16.1 Å². The molecule has 2 aromatic carbocycles. The van der Waals surface area contributed by atoms with Crippen LogP contribution in [0.25, 0.3) is 22.2 Å². The minimum Gasteiger partial charge on any atom is -1.00 e. The molecule has 7 heteroatoms. The van der Waals surface area contributed by atoms with Crippen LogP contribution in [0, 0.1) is 0 Å². The molecule has 0 saturated carbocycles. The molecule has 0 aliphatic carbocycles. The summed E-state index contributed by atoms with van der Waals surface area (Å²) in [5, 5.41) is 10.4. The molecule has 0 aliphatic rings. The molecule has 2 heterocycles. The van der Waals surface area contributed by atoms with Crippen LogP contribution < -0.4 is 21.8 Å². The third kappa shape index (κ3) is 3.84. The fraction of sp³-hybridized carbons (Fsp3) is 0.200. The average molecular weight is 442 g/mol. The van der Waals surface area contributed by atoms with Crippen molar-refractivity contribution in [2.75, 3.05) is 0 Å². The number of halogens is 1.